The largest absolute Gasteiger partial charge is 0.417 e. The van der Waals surface area contributed by atoms with Gasteiger partial charge in [-0.3, -0.25) is 0 Å². The summed E-state index contributed by atoms with van der Waals surface area (Å²) in [5.41, 5.74) is 11.4. The third kappa shape index (κ3) is 5.94. The first kappa shape index (κ1) is 34.1. The van der Waals surface area contributed by atoms with Crippen LogP contribution in [0.1, 0.15) is 88.5 Å². The fourth-order valence-corrected chi connectivity index (χ4v) is 14.7. The minimum atomic E-state index is -1.79. The first-order valence-electron chi connectivity index (χ1n) is 18.6. The van der Waals surface area contributed by atoms with Gasteiger partial charge in [0.25, 0.3) is 0 Å². The van der Waals surface area contributed by atoms with E-state index in [0.717, 1.165) is 26.1 Å². The van der Waals surface area contributed by atoms with Crippen LogP contribution in [-0.4, -0.2) is 29.8 Å². The van der Waals surface area contributed by atoms with E-state index in [-0.39, 0.29) is 17.3 Å². The molecule has 0 amide bonds. The smallest absolute Gasteiger partial charge is 0.191 e. The molecule has 6 rings (SSSR count). The van der Waals surface area contributed by atoms with Crippen LogP contribution in [0.4, 0.5) is 0 Å². The normalized spacial score (nSPS) is 14.6. The van der Waals surface area contributed by atoms with Crippen molar-refractivity contribution in [1.29, 1.82) is 0 Å². The molecule has 0 bridgehead atoms. The van der Waals surface area contributed by atoms with Crippen molar-refractivity contribution in [2.45, 2.75) is 102 Å². The molecule has 0 radical (unpaired) electrons. The molecule has 0 atom stereocenters. The highest BCUT2D eigenvalue weighted by atomic mass is 28.4. The van der Waals surface area contributed by atoms with Crippen molar-refractivity contribution in [2.24, 2.45) is 5.41 Å². The van der Waals surface area contributed by atoms with Gasteiger partial charge in [-0.2, -0.15) is 0 Å². The van der Waals surface area contributed by atoms with E-state index in [9.17, 15) is 0 Å². The van der Waals surface area contributed by atoms with Crippen LogP contribution in [0.15, 0.2) is 97.1 Å². The van der Waals surface area contributed by atoms with Gasteiger partial charge in [-0.25, -0.2) is 0 Å². The number of fused-ring (bicyclic) bond motifs is 6. The molecule has 2 nitrogen and oxygen atoms in total. The maximum absolute atomic E-state index is 7.22. The Bertz CT molecular complexity index is 1420. The molecule has 0 saturated heterocycles. The third-order valence-electron chi connectivity index (χ3n) is 12.6. The Morgan fingerprint density at radius 3 is 0.936 bits per heavy atom. The van der Waals surface area contributed by atoms with E-state index in [2.05, 4.69) is 139 Å². The highest BCUT2D eigenvalue weighted by Crippen LogP contribution is 2.65. The Kier molecular flexibility index (Phi) is 10.4. The van der Waals surface area contributed by atoms with Gasteiger partial charge in [-0.1, -0.05) is 139 Å². The molecule has 0 heterocycles. The van der Waals surface area contributed by atoms with Crippen molar-refractivity contribution in [3.63, 3.8) is 0 Å². The van der Waals surface area contributed by atoms with E-state index < -0.39 is 16.6 Å². The standard InChI is InChI=1S/C43H56O2Si2/c1-7-46(8-2,9-3)44-31-29-43(30-32-45-47(10-4,11-5)12-6,41-37-25-17-13-21-33(37)34-22-14-18-26-38(34)41)42-39-27-19-15-23-35(39)36-24-16-20-28-40(36)42/h13-28,41-42H,7-12,29-32H2,1-6H3. The number of rotatable bonds is 16. The molecule has 0 fully saturated rings. The second kappa shape index (κ2) is 14.4. The van der Waals surface area contributed by atoms with Gasteiger partial charge in [-0.05, 0) is 99.0 Å². The predicted octanol–water partition coefficient (Wildman–Crippen LogP) is 12.4. The van der Waals surface area contributed by atoms with Crippen LogP contribution in [-0.2, 0) is 8.85 Å². The second-order valence-corrected chi connectivity index (χ2v) is 23.7. The van der Waals surface area contributed by atoms with Gasteiger partial charge in [0.15, 0.2) is 16.6 Å². The molecule has 4 heteroatoms. The quantitative estimate of drug-likeness (QED) is 0.111. The molecule has 2 aliphatic rings. The van der Waals surface area contributed by atoms with Gasteiger partial charge in [0, 0.05) is 25.0 Å². The molecule has 248 valence electrons. The molecule has 0 unspecified atom stereocenters. The Morgan fingerprint density at radius 2 is 0.681 bits per heavy atom. The van der Waals surface area contributed by atoms with Gasteiger partial charge in [0.2, 0.25) is 0 Å². The van der Waals surface area contributed by atoms with Crippen LogP contribution >= 0.6 is 0 Å². The number of benzene rings is 4. The Hall–Kier alpha value is -2.77. The molecular weight excluding hydrogens is 605 g/mol. The van der Waals surface area contributed by atoms with Crippen LogP contribution in [0, 0.1) is 5.41 Å². The molecule has 0 spiro atoms. The Balaban J connectivity index is 1.58. The lowest BCUT2D eigenvalue weighted by Gasteiger charge is -2.47. The number of hydrogen-bond donors (Lipinski definition) is 0. The summed E-state index contributed by atoms with van der Waals surface area (Å²) in [5, 5.41) is 0. The van der Waals surface area contributed by atoms with Crippen molar-refractivity contribution < 1.29 is 8.85 Å². The summed E-state index contributed by atoms with van der Waals surface area (Å²) in [6, 6.07) is 44.1. The Labute approximate surface area is 287 Å². The first-order valence-corrected chi connectivity index (χ1v) is 23.7. The van der Waals surface area contributed by atoms with E-state index in [4.69, 9.17) is 8.85 Å². The fraction of sp³-hybridized carbons (Fsp3) is 0.442. The molecule has 0 aliphatic heterocycles. The maximum Gasteiger partial charge on any atom is 0.191 e. The summed E-state index contributed by atoms with van der Waals surface area (Å²) in [7, 11) is -3.57. The zero-order valence-corrected chi connectivity index (χ0v) is 31.8. The van der Waals surface area contributed by atoms with Crippen LogP contribution in [0.5, 0.6) is 0 Å². The number of hydrogen-bond acceptors (Lipinski definition) is 2. The van der Waals surface area contributed by atoms with E-state index in [1.54, 1.807) is 0 Å². The monoisotopic (exact) mass is 660 g/mol. The van der Waals surface area contributed by atoms with Crippen molar-refractivity contribution >= 4 is 16.6 Å². The molecule has 2 aliphatic carbocycles. The molecule has 0 aromatic heterocycles. The van der Waals surface area contributed by atoms with Crippen LogP contribution < -0.4 is 0 Å². The van der Waals surface area contributed by atoms with Gasteiger partial charge in [0.1, 0.15) is 0 Å². The van der Waals surface area contributed by atoms with Gasteiger partial charge in [-0.15, -0.1) is 0 Å². The second-order valence-electron chi connectivity index (χ2n) is 14.1. The SMILES string of the molecule is CC[Si](CC)(CC)OCCC(CCO[Si](CC)(CC)CC)(C1c2ccccc2-c2ccccc21)C1c2ccccc2-c2ccccc21. The van der Waals surface area contributed by atoms with Crippen molar-refractivity contribution in [2.75, 3.05) is 13.2 Å². The molecule has 47 heavy (non-hydrogen) atoms. The van der Waals surface area contributed by atoms with E-state index in [1.165, 1.54) is 80.8 Å². The predicted molar refractivity (Wildman–Crippen MR) is 205 cm³/mol. The van der Waals surface area contributed by atoms with E-state index in [1.807, 2.05) is 0 Å². The van der Waals surface area contributed by atoms with Crippen LogP contribution in [0.3, 0.4) is 0 Å². The van der Waals surface area contributed by atoms with Crippen molar-refractivity contribution in [3.05, 3.63) is 119 Å². The minimum Gasteiger partial charge on any atom is -0.417 e. The lowest BCUT2D eigenvalue weighted by Crippen LogP contribution is -2.43. The van der Waals surface area contributed by atoms with Gasteiger partial charge in [0.05, 0.1) is 0 Å². The lowest BCUT2D eigenvalue weighted by atomic mass is 9.57. The minimum absolute atomic E-state index is 0.143. The molecular formula is C43H56O2Si2. The topological polar surface area (TPSA) is 18.5 Å². The zero-order chi connectivity index (χ0) is 33.1. The van der Waals surface area contributed by atoms with Crippen molar-refractivity contribution in [3.8, 4) is 22.3 Å². The molecule has 4 aromatic rings. The van der Waals surface area contributed by atoms with Crippen LogP contribution in [0.2, 0.25) is 36.3 Å². The van der Waals surface area contributed by atoms with Crippen LogP contribution in [0.25, 0.3) is 22.3 Å². The summed E-state index contributed by atoms with van der Waals surface area (Å²) < 4.78 is 14.4. The summed E-state index contributed by atoms with van der Waals surface area (Å²) >= 11 is 0. The Morgan fingerprint density at radius 1 is 0.426 bits per heavy atom. The van der Waals surface area contributed by atoms with Gasteiger partial charge < -0.3 is 8.85 Å². The van der Waals surface area contributed by atoms with Gasteiger partial charge >= 0.3 is 0 Å². The summed E-state index contributed by atoms with van der Waals surface area (Å²) in [5.74, 6) is 0.487. The van der Waals surface area contributed by atoms with Crippen molar-refractivity contribution in [1.82, 2.24) is 0 Å². The third-order valence-corrected chi connectivity index (χ3v) is 22.0. The zero-order valence-electron chi connectivity index (χ0n) is 29.8. The van der Waals surface area contributed by atoms with E-state index in [0.29, 0.717) is 0 Å². The molecule has 0 saturated carbocycles. The first-order chi connectivity index (χ1) is 23.0. The lowest BCUT2D eigenvalue weighted by molar-refractivity contribution is 0.107. The maximum atomic E-state index is 7.22. The summed E-state index contributed by atoms with van der Waals surface area (Å²) in [4.78, 5) is 0. The highest BCUT2D eigenvalue weighted by Gasteiger charge is 2.53. The molecule has 4 aromatic carbocycles. The average molecular weight is 661 g/mol. The molecule has 0 N–H and O–H groups in total. The fourth-order valence-electron chi connectivity index (χ4n) is 9.45. The highest BCUT2D eigenvalue weighted by molar-refractivity contribution is 6.74. The summed E-state index contributed by atoms with van der Waals surface area (Å²) in [6.45, 7) is 15.8. The average Bonchev–Trinajstić information content (AvgIpc) is 3.66. The van der Waals surface area contributed by atoms with E-state index >= 15 is 0 Å². The summed E-state index contributed by atoms with van der Waals surface area (Å²) in [6.07, 6.45) is 2.01.